The summed E-state index contributed by atoms with van der Waals surface area (Å²) in [6.45, 7) is 4.85. The number of hydrogen-bond acceptors (Lipinski definition) is 5. The highest BCUT2D eigenvalue weighted by atomic mass is 15.2. The van der Waals surface area contributed by atoms with Crippen molar-refractivity contribution in [3.05, 3.63) is 41.9 Å². The van der Waals surface area contributed by atoms with Crippen LogP contribution in [0.25, 0.3) is 0 Å². The minimum Gasteiger partial charge on any atom is -0.364 e. The van der Waals surface area contributed by atoms with Crippen molar-refractivity contribution in [2.45, 2.75) is 45.2 Å². The minimum absolute atomic E-state index is 0.322. The van der Waals surface area contributed by atoms with Gasteiger partial charge in [0.1, 0.15) is 5.82 Å². The Kier molecular flexibility index (Phi) is 3.99. The van der Waals surface area contributed by atoms with Crippen molar-refractivity contribution in [1.82, 2.24) is 15.0 Å². The quantitative estimate of drug-likeness (QED) is 0.852. The molecular formula is C16H21N5. The molecule has 0 atom stereocenters. The summed E-state index contributed by atoms with van der Waals surface area (Å²) in [5.74, 6) is 2.18. The molecule has 1 aliphatic carbocycles. The Morgan fingerprint density at radius 1 is 1.24 bits per heavy atom. The summed E-state index contributed by atoms with van der Waals surface area (Å²) >= 11 is 0. The molecule has 110 valence electrons. The molecule has 0 radical (unpaired) electrons. The van der Waals surface area contributed by atoms with Crippen molar-refractivity contribution in [2.24, 2.45) is 0 Å². The second-order valence-corrected chi connectivity index (χ2v) is 5.75. The molecule has 0 bridgehead atoms. The van der Waals surface area contributed by atoms with E-state index in [9.17, 15) is 0 Å². The van der Waals surface area contributed by atoms with Gasteiger partial charge in [0.05, 0.1) is 17.9 Å². The maximum Gasteiger partial charge on any atom is 0.225 e. The zero-order valence-corrected chi connectivity index (χ0v) is 12.5. The summed E-state index contributed by atoms with van der Waals surface area (Å²) in [5.41, 5.74) is 2.14. The van der Waals surface area contributed by atoms with Crippen LogP contribution in [0.5, 0.6) is 0 Å². The Morgan fingerprint density at radius 3 is 2.76 bits per heavy atom. The van der Waals surface area contributed by atoms with Gasteiger partial charge in [-0.15, -0.1) is 0 Å². The number of aromatic nitrogens is 3. The van der Waals surface area contributed by atoms with Crippen molar-refractivity contribution in [2.75, 3.05) is 10.6 Å². The van der Waals surface area contributed by atoms with Crippen molar-refractivity contribution in [3.8, 4) is 0 Å². The number of rotatable bonds is 6. The monoisotopic (exact) mass is 283 g/mol. The summed E-state index contributed by atoms with van der Waals surface area (Å²) in [4.78, 5) is 13.5. The largest absolute Gasteiger partial charge is 0.364 e. The second kappa shape index (κ2) is 6.08. The van der Waals surface area contributed by atoms with E-state index in [4.69, 9.17) is 0 Å². The van der Waals surface area contributed by atoms with Gasteiger partial charge >= 0.3 is 0 Å². The fraction of sp³-hybridized carbons (Fsp3) is 0.438. The summed E-state index contributed by atoms with van der Waals surface area (Å²) in [6.07, 6.45) is 4.27. The normalized spacial score (nSPS) is 14.2. The van der Waals surface area contributed by atoms with E-state index in [0.29, 0.717) is 24.5 Å². The molecule has 5 heteroatoms. The second-order valence-electron chi connectivity index (χ2n) is 5.75. The SMILES string of the molecule is CC(C)Nc1nc(NCc2ccccn2)cc(C2CC2)n1. The highest BCUT2D eigenvalue weighted by molar-refractivity contribution is 5.44. The third-order valence-electron chi connectivity index (χ3n) is 3.34. The van der Waals surface area contributed by atoms with Gasteiger partial charge in [0.15, 0.2) is 0 Å². The molecule has 0 spiro atoms. The van der Waals surface area contributed by atoms with Crippen molar-refractivity contribution in [3.63, 3.8) is 0 Å². The van der Waals surface area contributed by atoms with E-state index in [2.05, 4.69) is 45.5 Å². The standard InChI is InChI=1S/C16H21N5/c1-11(2)19-16-20-14(12-6-7-12)9-15(21-16)18-10-13-5-3-4-8-17-13/h3-5,8-9,11-12H,6-7,10H2,1-2H3,(H2,18,19,20,21). The topological polar surface area (TPSA) is 62.7 Å². The van der Waals surface area contributed by atoms with Gasteiger partial charge in [-0.2, -0.15) is 4.98 Å². The Morgan fingerprint density at radius 2 is 2.10 bits per heavy atom. The van der Waals surface area contributed by atoms with Gasteiger partial charge < -0.3 is 10.6 Å². The lowest BCUT2D eigenvalue weighted by atomic mass is 10.2. The molecule has 1 saturated carbocycles. The molecule has 1 aliphatic rings. The Balaban J connectivity index is 1.75. The first-order valence-corrected chi connectivity index (χ1v) is 7.50. The van der Waals surface area contributed by atoms with Crippen LogP contribution in [0.15, 0.2) is 30.5 Å². The molecule has 0 amide bonds. The molecule has 3 rings (SSSR count). The fourth-order valence-electron chi connectivity index (χ4n) is 2.15. The highest BCUT2D eigenvalue weighted by Crippen LogP contribution is 2.39. The minimum atomic E-state index is 0.322. The molecule has 21 heavy (non-hydrogen) atoms. The van der Waals surface area contributed by atoms with Crippen LogP contribution in [0.3, 0.4) is 0 Å². The number of nitrogens with one attached hydrogen (secondary N) is 2. The highest BCUT2D eigenvalue weighted by Gasteiger charge is 2.26. The van der Waals surface area contributed by atoms with Crippen LogP contribution >= 0.6 is 0 Å². The molecule has 5 nitrogen and oxygen atoms in total. The van der Waals surface area contributed by atoms with E-state index < -0.39 is 0 Å². The van der Waals surface area contributed by atoms with Crippen LogP contribution in [0, 0.1) is 0 Å². The lowest BCUT2D eigenvalue weighted by Crippen LogP contribution is -2.14. The van der Waals surface area contributed by atoms with E-state index in [1.54, 1.807) is 6.20 Å². The zero-order chi connectivity index (χ0) is 14.7. The van der Waals surface area contributed by atoms with E-state index >= 15 is 0 Å². The molecule has 2 aromatic rings. The fourth-order valence-corrected chi connectivity index (χ4v) is 2.15. The molecule has 2 heterocycles. The molecule has 0 aromatic carbocycles. The van der Waals surface area contributed by atoms with Crippen molar-refractivity contribution < 1.29 is 0 Å². The van der Waals surface area contributed by atoms with Gasteiger partial charge in [0, 0.05) is 24.2 Å². The van der Waals surface area contributed by atoms with Gasteiger partial charge in [-0.1, -0.05) is 6.07 Å². The van der Waals surface area contributed by atoms with Gasteiger partial charge in [-0.05, 0) is 38.8 Å². The first kappa shape index (κ1) is 13.8. The van der Waals surface area contributed by atoms with E-state index in [1.807, 2.05) is 18.2 Å². The first-order valence-electron chi connectivity index (χ1n) is 7.50. The number of anilines is 2. The molecule has 2 N–H and O–H groups in total. The molecule has 0 aliphatic heterocycles. The zero-order valence-electron chi connectivity index (χ0n) is 12.5. The van der Waals surface area contributed by atoms with E-state index in [0.717, 1.165) is 17.2 Å². The summed E-state index contributed by atoms with van der Waals surface area (Å²) in [5, 5.41) is 6.63. The smallest absolute Gasteiger partial charge is 0.225 e. The Bertz CT molecular complexity index is 593. The molecular weight excluding hydrogens is 262 g/mol. The van der Waals surface area contributed by atoms with Gasteiger partial charge in [0.25, 0.3) is 0 Å². The molecule has 2 aromatic heterocycles. The molecule has 0 saturated heterocycles. The molecule has 0 unspecified atom stereocenters. The average molecular weight is 283 g/mol. The summed E-state index contributed by atoms with van der Waals surface area (Å²) in [6, 6.07) is 8.30. The maximum absolute atomic E-state index is 4.61. The summed E-state index contributed by atoms with van der Waals surface area (Å²) < 4.78 is 0. The van der Waals surface area contributed by atoms with Crippen LogP contribution in [0.1, 0.15) is 44.0 Å². The predicted molar refractivity (Wildman–Crippen MR) is 84.3 cm³/mol. The van der Waals surface area contributed by atoms with Gasteiger partial charge in [0.2, 0.25) is 5.95 Å². The third-order valence-corrected chi connectivity index (χ3v) is 3.34. The van der Waals surface area contributed by atoms with Crippen molar-refractivity contribution in [1.29, 1.82) is 0 Å². The number of hydrogen-bond donors (Lipinski definition) is 2. The van der Waals surface area contributed by atoms with E-state index in [-0.39, 0.29) is 0 Å². The third kappa shape index (κ3) is 3.90. The Labute approximate surface area is 125 Å². The number of nitrogens with zero attached hydrogens (tertiary/aromatic N) is 3. The molecule has 1 fully saturated rings. The lowest BCUT2D eigenvalue weighted by molar-refractivity contribution is 0.861. The number of pyridine rings is 1. The first-order chi connectivity index (χ1) is 10.2. The van der Waals surface area contributed by atoms with Crippen LogP contribution in [-0.2, 0) is 6.54 Å². The van der Waals surface area contributed by atoms with E-state index in [1.165, 1.54) is 12.8 Å². The predicted octanol–water partition coefficient (Wildman–Crippen LogP) is 3.18. The lowest BCUT2D eigenvalue weighted by Gasteiger charge is -2.12. The Hall–Kier alpha value is -2.17. The van der Waals surface area contributed by atoms with Crippen LogP contribution < -0.4 is 10.6 Å². The van der Waals surface area contributed by atoms with Crippen LogP contribution in [0.2, 0.25) is 0 Å². The van der Waals surface area contributed by atoms with Gasteiger partial charge in [-0.3, -0.25) is 4.98 Å². The van der Waals surface area contributed by atoms with Crippen LogP contribution in [0.4, 0.5) is 11.8 Å². The summed E-state index contributed by atoms with van der Waals surface area (Å²) in [7, 11) is 0. The van der Waals surface area contributed by atoms with Crippen LogP contribution in [-0.4, -0.2) is 21.0 Å². The van der Waals surface area contributed by atoms with Gasteiger partial charge in [-0.25, -0.2) is 4.98 Å². The average Bonchev–Trinajstić information content (AvgIpc) is 3.30. The van der Waals surface area contributed by atoms with Crippen molar-refractivity contribution >= 4 is 11.8 Å². The maximum atomic E-state index is 4.61.